The van der Waals surface area contributed by atoms with Crippen LogP contribution in [0.4, 0.5) is 0 Å². The monoisotopic (exact) mass is 520 g/mol. The Morgan fingerprint density at radius 2 is 0.943 bits per heavy atom. The molecule has 0 radical (unpaired) electrons. The maximum absolute atomic E-state index is 8.63. The lowest BCUT2D eigenvalue weighted by Crippen LogP contribution is -3.24. The molecule has 1 fully saturated rings. The van der Waals surface area contributed by atoms with Gasteiger partial charge in [0.2, 0.25) is 10.4 Å². The average Bonchev–Trinajstić information content (AvgIpc) is 3.00. The normalized spacial score (nSPS) is 20.4. The predicted molar refractivity (Wildman–Crippen MR) is 148 cm³/mol. The maximum atomic E-state index is 8.63. The van der Waals surface area contributed by atoms with Crippen LogP contribution >= 0.6 is 0 Å². The zero-order chi connectivity index (χ0) is 27.0. The van der Waals surface area contributed by atoms with Crippen LogP contribution in [0.15, 0.2) is 0 Å². The Morgan fingerprint density at radius 3 is 1.26 bits per heavy atom. The van der Waals surface area contributed by atoms with Gasteiger partial charge in [-0.25, -0.2) is 8.42 Å². The van der Waals surface area contributed by atoms with Crippen molar-refractivity contribution in [2.24, 2.45) is 0 Å². The first-order valence-electron chi connectivity index (χ1n) is 14.8. The molecule has 1 atom stereocenters. The highest BCUT2D eigenvalue weighted by Gasteiger charge is 2.67. The summed E-state index contributed by atoms with van der Waals surface area (Å²) in [7, 11) is -2.30. The molecule has 0 aromatic heterocycles. The maximum Gasteiger partial charge on any atom is 0.215 e. The Kier molecular flexibility index (Phi) is 17.2. The van der Waals surface area contributed by atoms with E-state index >= 15 is 0 Å². The Bertz CT molecular complexity index is 607. The van der Waals surface area contributed by atoms with Crippen LogP contribution in [0.5, 0.6) is 0 Å². The molecule has 1 saturated heterocycles. The van der Waals surface area contributed by atoms with Crippen molar-refractivity contribution in [3.05, 3.63) is 0 Å². The highest BCUT2D eigenvalue weighted by Crippen LogP contribution is 2.44. The fourth-order valence-electron chi connectivity index (χ4n) is 6.69. The summed E-state index contributed by atoms with van der Waals surface area (Å²) < 4.78 is 32.8. The largest absolute Gasteiger partial charge is 0.726 e. The summed E-state index contributed by atoms with van der Waals surface area (Å²) in [4.78, 5) is 1.88. The lowest BCUT2D eigenvalue weighted by molar-refractivity contribution is -0.974. The second kappa shape index (κ2) is 17.3. The quantitative estimate of drug-likeness (QED) is 0.143. The zero-order valence-electron chi connectivity index (χ0n) is 24.3. The lowest BCUT2D eigenvalue weighted by atomic mass is 9.66. The highest BCUT2D eigenvalue weighted by molar-refractivity contribution is 7.79. The minimum absolute atomic E-state index is 0.287. The lowest BCUT2D eigenvalue weighted by Gasteiger charge is -2.47. The molecule has 1 unspecified atom stereocenters. The van der Waals surface area contributed by atoms with Crippen molar-refractivity contribution in [3.63, 3.8) is 0 Å². The van der Waals surface area contributed by atoms with Crippen molar-refractivity contribution in [1.29, 1.82) is 0 Å². The Morgan fingerprint density at radius 1 is 0.657 bits per heavy atom. The van der Waals surface area contributed by atoms with Crippen molar-refractivity contribution < 1.29 is 22.4 Å². The standard InChI is InChI=1S/C28H58N2.H2O4S/c1-8-14-20-26(21-15-9-2)27(22-16-10-3,23-17-11-4)30(7)28(29-26,24-18-12-5)25-19-13-6;1-5(2,3)4/h29H,8-25H2,1-7H3;(H2,1,2,3,4). The number of quaternary nitrogens is 1. The third kappa shape index (κ3) is 10.6. The van der Waals surface area contributed by atoms with E-state index in [9.17, 15) is 0 Å². The van der Waals surface area contributed by atoms with Gasteiger partial charge in [0.05, 0.1) is 12.6 Å². The molecule has 3 N–H and O–H groups in total. The molecule has 35 heavy (non-hydrogen) atoms. The molecule has 0 saturated carbocycles. The molecule has 0 aliphatic carbocycles. The van der Waals surface area contributed by atoms with Gasteiger partial charge in [-0.3, -0.25) is 9.87 Å². The van der Waals surface area contributed by atoms with Crippen LogP contribution in [-0.2, 0) is 10.4 Å². The van der Waals surface area contributed by atoms with Crippen molar-refractivity contribution in [1.82, 2.24) is 5.32 Å². The Balaban J connectivity index is 0.00000209. The van der Waals surface area contributed by atoms with Gasteiger partial charge >= 0.3 is 0 Å². The summed E-state index contributed by atoms with van der Waals surface area (Å²) in [5.41, 5.74) is 1.02. The van der Waals surface area contributed by atoms with Gasteiger partial charge in [-0.2, -0.15) is 0 Å². The van der Waals surface area contributed by atoms with Crippen molar-refractivity contribution in [2.75, 3.05) is 7.05 Å². The molecule has 1 heterocycles. The zero-order valence-corrected chi connectivity index (χ0v) is 25.1. The first-order valence-corrected chi connectivity index (χ1v) is 16.2. The molecule has 1 rings (SSSR count). The van der Waals surface area contributed by atoms with E-state index in [-0.39, 0.29) is 5.66 Å². The molecule has 0 aromatic rings. The van der Waals surface area contributed by atoms with Crippen molar-refractivity contribution >= 4 is 10.4 Å². The smallest absolute Gasteiger partial charge is 0.215 e. The summed E-state index contributed by atoms with van der Waals surface area (Å²) in [5, 5.41) is 4.58. The molecule has 0 spiro atoms. The molecule has 0 aromatic carbocycles. The van der Waals surface area contributed by atoms with Crippen LogP contribution in [0, 0.1) is 0 Å². The van der Waals surface area contributed by atoms with Gasteiger partial charge in [0, 0.05) is 25.7 Å². The topological polar surface area (TPSA) is 93.9 Å². The summed E-state index contributed by atoms with van der Waals surface area (Å²) in [5.74, 6) is 0. The molecule has 0 amide bonds. The van der Waals surface area contributed by atoms with E-state index in [1.165, 1.54) is 116 Å². The number of hydrogen-bond acceptors (Lipinski definition) is 4. The van der Waals surface area contributed by atoms with E-state index in [1.807, 2.05) is 4.90 Å². The second-order valence-corrected chi connectivity index (χ2v) is 11.9. The third-order valence-electron chi connectivity index (χ3n) is 8.57. The number of likely N-dealkylation sites (N-methyl/N-ethyl adjacent to an activating group) is 1. The van der Waals surface area contributed by atoms with Gasteiger partial charge in [0.15, 0.2) is 5.66 Å². The van der Waals surface area contributed by atoms with E-state index in [0.29, 0.717) is 11.1 Å². The van der Waals surface area contributed by atoms with Crippen LogP contribution in [0.3, 0.4) is 0 Å². The minimum Gasteiger partial charge on any atom is -0.726 e. The number of nitrogens with one attached hydrogen (secondary N) is 2. The van der Waals surface area contributed by atoms with Crippen LogP contribution in [0.2, 0.25) is 0 Å². The SMILES string of the molecule is CCCCC1(CCCC)NC(CCCC)(CCCC)C(CCCC)(CCCC)[NH+]1C.O=S(=O)([O-])O. The molecule has 7 heteroatoms. The first kappa shape index (κ1) is 34.8. The molecule has 1 aliphatic heterocycles. The number of rotatable bonds is 18. The van der Waals surface area contributed by atoms with Gasteiger partial charge in [-0.1, -0.05) is 92.9 Å². The molecule has 6 nitrogen and oxygen atoms in total. The van der Waals surface area contributed by atoms with E-state index in [2.05, 4.69) is 53.9 Å². The van der Waals surface area contributed by atoms with Gasteiger partial charge in [-0.05, 0) is 38.5 Å². The average molecular weight is 521 g/mol. The molecule has 1 aliphatic rings. The van der Waals surface area contributed by atoms with Crippen LogP contribution < -0.4 is 10.2 Å². The summed E-state index contributed by atoms with van der Waals surface area (Å²) in [6.07, 6.45) is 24.5. The molecule has 0 bridgehead atoms. The van der Waals surface area contributed by atoms with Crippen molar-refractivity contribution in [2.45, 2.75) is 174 Å². The predicted octanol–water partition coefficient (Wildman–Crippen LogP) is 6.42. The van der Waals surface area contributed by atoms with Crippen molar-refractivity contribution in [3.8, 4) is 0 Å². The van der Waals surface area contributed by atoms with Gasteiger partial charge in [0.25, 0.3) is 0 Å². The fourth-order valence-corrected chi connectivity index (χ4v) is 6.69. The Labute approximate surface area is 219 Å². The molecular formula is C28H60N2O4S. The summed E-state index contributed by atoms with van der Waals surface area (Å²) >= 11 is 0. The minimum atomic E-state index is -4.92. The van der Waals surface area contributed by atoms with E-state index < -0.39 is 10.4 Å². The van der Waals surface area contributed by atoms with E-state index in [1.54, 1.807) is 0 Å². The second-order valence-electron chi connectivity index (χ2n) is 11.0. The van der Waals surface area contributed by atoms with E-state index in [0.717, 1.165) is 0 Å². The van der Waals surface area contributed by atoms with Crippen LogP contribution in [-0.4, -0.2) is 41.3 Å². The summed E-state index contributed by atoms with van der Waals surface area (Å²) in [6.45, 7) is 14.3. The van der Waals surface area contributed by atoms with Gasteiger partial charge < -0.3 is 9.45 Å². The molecule has 212 valence electrons. The first-order chi connectivity index (χ1) is 16.5. The van der Waals surface area contributed by atoms with Gasteiger partial charge in [0.1, 0.15) is 5.54 Å². The summed E-state index contributed by atoms with van der Waals surface area (Å²) in [6, 6.07) is 0. The third-order valence-corrected chi connectivity index (χ3v) is 8.57. The number of unbranched alkanes of at least 4 members (excludes halogenated alkanes) is 6. The Hall–Kier alpha value is -0.210. The van der Waals surface area contributed by atoms with Crippen LogP contribution in [0.25, 0.3) is 0 Å². The highest BCUT2D eigenvalue weighted by atomic mass is 32.3. The number of hydrogen-bond donors (Lipinski definition) is 3. The fraction of sp³-hybridized carbons (Fsp3) is 1.00. The van der Waals surface area contributed by atoms with Crippen LogP contribution in [0.1, 0.15) is 157 Å². The molecular weight excluding hydrogens is 460 g/mol. The van der Waals surface area contributed by atoms with E-state index in [4.69, 9.17) is 17.5 Å². The van der Waals surface area contributed by atoms with Gasteiger partial charge in [-0.15, -0.1) is 0 Å².